The molecule has 0 spiro atoms. The number of aromatic nitrogens is 2. The standard InChI is InChI=1S/C23H23N3O5/c1-14-19(15(2)26(25-14)18-7-5-4-6-8-18)12-22(27)31-16(3)23(28)24-17-9-10-20-21(11-17)30-13-29-20/h4-11,16H,12-13H2,1-3H3,(H,24,28)/t16-/m0/s1. The van der Waals surface area contributed by atoms with Crippen LogP contribution in [0.25, 0.3) is 5.69 Å². The van der Waals surface area contributed by atoms with Crippen molar-refractivity contribution in [1.29, 1.82) is 0 Å². The van der Waals surface area contributed by atoms with Crippen LogP contribution in [0, 0.1) is 13.8 Å². The molecule has 0 aliphatic carbocycles. The number of nitrogens with one attached hydrogen (secondary N) is 1. The fraction of sp³-hybridized carbons (Fsp3) is 0.261. The highest BCUT2D eigenvalue weighted by Crippen LogP contribution is 2.34. The number of carbonyl (C=O) groups excluding carboxylic acids is 2. The molecule has 1 aliphatic rings. The van der Waals surface area contributed by atoms with Gasteiger partial charge in [0.2, 0.25) is 6.79 Å². The predicted molar refractivity (Wildman–Crippen MR) is 113 cm³/mol. The molecule has 0 radical (unpaired) electrons. The number of carbonyl (C=O) groups is 2. The van der Waals surface area contributed by atoms with Gasteiger partial charge in [0.25, 0.3) is 5.91 Å². The average Bonchev–Trinajstić information content (AvgIpc) is 3.33. The molecular weight excluding hydrogens is 398 g/mol. The van der Waals surface area contributed by atoms with Gasteiger partial charge in [-0.2, -0.15) is 5.10 Å². The fourth-order valence-corrected chi connectivity index (χ4v) is 3.41. The van der Waals surface area contributed by atoms with Crippen LogP contribution in [-0.4, -0.2) is 34.6 Å². The van der Waals surface area contributed by atoms with Gasteiger partial charge in [0, 0.05) is 23.0 Å². The lowest BCUT2D eigenvalue weighted by Gasteiger charge is -2.14. The van der Waals surface area contributed by atoms with Gasteiger partial charge in [-0.25, -0.2) is 4.68 Å². The molecule has 1 aromatic heterocycles. The second-order valence-electron chi connectivity index (χ2n) is 7.26. The SMILES string of the molecule is Cc1nn(-c2ccccc2)c(C)c1CC(=O)O[C@@H](C)C(=O)Nc1ccc2c(c1)OCO2. The van der Waals surface area contributed by atoms with Gasteiger partial charge in [-0.1, -0.05) is 18.2 Å². The van der Waals surface area contributed by atoms with E-state index >= 15 is 0 Å². The minimum atomic E-state index is -0.956. The van der Waals surface area contributed by atoms with Gasteiger partial charge in [0.1, 0.15) is 0 Å². The monoisotopic (exact) mass is 421 g/mol. The van der Waals surface area contributed by atoms with Crippen LogP contribution in [0.2, 0.25) is 0 Å². The molecule has 4 rings (SSSR count). The highest BCUT2D eigenvalue weighted by Gasteiger charge is 2.22. The van der Waals surface area contributed by atoms with Crippen molar-refractivity contribution in [2.24, 2.45) is 0 Å². The zero-order valence-corrected chi connectivity index (χ0v) is 17.5. The number of hydrogen-bond donors (Lipinski definition) is 1. The van der Waals surface area contributed by atoms with E-state index in [9.17, 15) is 9.59 Å². The van der Waals surface area contributed by atoms with Crippen molar-refractivity contribution >= 4 is 17.6 Å². The number of fused-ring (bicyclic) bond motifs is 1. The first-order chi connectivity index (χ1) is 14.9. The Labute approximate surface area is 179 Å². The molecule has 2 heterocycles. The summed E-state index contributed by atoms with van der Waals surface area (Å²) in [5.41, 5.74) is 3.85. The number of anilines is 1. The highest BCUT2D eigenvalue weighted by molar-refractivity contribution is 5.95. The number of amides is 1. The van der Waals surface area contributed by atoms with Gasteiger partial charge in [0.05, 0.1) is 17.8 Å². The van der Waals surface area contributed by atoms with E-state index < -0.39 is 18.0 Å². The normalized spacial score (nSPS) is 13.0. The summed E-state index contributed by atoms with van der Waals surface area (Å²) in [7, 11) is 0. The third-order valence-electron chi connectivity index (χ3n) is 5.08. The molecule has 1 N–H and O–H groups in total. The topological polar surface area (TPSA) is 91.7 Å². The molecular formula is C23H23N3O5. The predicted octanol–water partition coefficient (Wildman–Crippen LogP) is 3.33. The molecule has 0 unspecified atom stereocenters. The van der Waals surface area contributed by atoms with Crippen molar-refractivity contribution in [2.45, 2.75) is 33.3 Å². The quantitative estimate of drug-likeness (QED) is 0.614. The van der Waals surface area contributed by atoms with Gasteiger partial charge in [0.15, 0.2) is 17.6 Å². The van der Waals surface area contributed by atoms with Crippen LogP contribution in [0.4, 0.5) is 5.69 Å². The third-order valence-corrected chi connectivity index (χ3v) is 5.08. The zero-order valence-electron chi connectivity index (χ0n) is 17.5. The summed E-state index contributed by atoms with van der Waals surface area (Å²) in [6.07, 6.45) is -0.922. The minimum absolute atomic E-state index is 0.0339. The largest absolute Gasteiger partial charge is 0.454 e. The number of nitrogens with zero attached hydrogens (tertiary/aromatic N) is 2. The average molecular weight is 421 g/mol. The van der Waals surface area contributed by atoms with Crippen molar-refractivity contribution in [3.05, 3.63) is 65.5 Å². The van der Waals surface area contributed by atoms with Crippen LogP contribution in [0.3, 0.4) is 0 Å². The summed E-state index contributed by atoms with van der Waals surface area (Å²) in [6, 6.07) is 14.8. The van der Waals surface area contributed by atoms with Crippen molar-refractivity contribution in [1.82, 2.24) is 9.78 Å². The first-order valence-corrected chi connectivity index (χ1v) is 9.93. The maximum atomic E-state index is 12.5. The number of hydrogen-bond acceptors (Lipinski definition) is 6. The van der Waals surface area contributed by atoms with E-state index in [1.807, 2.05) is 44.2 Å². The van der Waals surface area contributed by atoms with Crippen molar-refractivity contribution in [3.63, 3.8) is 0 Å². The van der Waals surface area contributed by atoms with Crippen molar-refractivity contribution in [3.8, 4) is 17.2 Å². The minimum Gasteiger partial charge on any atom is -0.454 e. The number of rotatable bonds is 6. The number of benzene rings is 2. The molecule has 8 heteroatoms. The Kier molecular flexibility index (Phi) is 5.62. The number of aryl methyl sites for hydroxylation is 1. The van der Waals surface area contributed by atoms with Crippen molar-refractivity contribution < 1.29 is 23.8 Å². The molecule has 1 amide bonds. The molecule has 1 atom stereocenters. The molecule has 0 saturated heterocycles. The fourth-order valence-electron chi connectivity index (χ4n) is 3.41. The molecule has 1 aliphatic heterocycles. The van der Waals surface area contributed by atoms with E-state index in [-0.39, 0.29) is 13.2 Å². The molecule has 0 bridgehead atoms. The van der Waals surface area contributed by atoms with Gasteiger partial charge in [-0.05, 0) is 45.0 Å². The Morgan fingerprint density at radius 1 is 1.13 bits per heavy atom. The van der Waals surface area contributed by atoms with E-state index in [0.29, 0.717) is 17.2 Å². The van der Waals surface area contributed by atoms with E-state index in [1.54, 1.807) is 22.9 Å². The number of esters is 1. The summed E-state index contributed by atoms with van der Waals surface area (Å²) in [5, 5.41) is 7.26. The van der Waals surface area contributed by atoms with Crippen LogP contribution >= 0.6 is 0 Å². The molecule has 31 heavy (non-hydrogen) atoms. The Morgan fingerprint density at radius 2 is 1.87 bits per heavy atom. The van der Waals surface area contributed by atoms with Crippen LogP contribution in [0.5, 0.6) is 11.5 Å². The molecule has 0 saturated carbocycles. The first-order valence-electron chi connectivity index (χ1n) is 9.93. The first kappa shape index (κ1) is 20.5. The Balaban J connectivity index is 1.38. The summed E-state index contributed by atoms with van der Waals surface area (Å²) in [5.74, 6) is 0.260. The lowest BCUT2D eigenvalue weighted by Crippen LogP contribution is -2.30. The maximum absolute atomic E-state index is 12.5. The van der Waals surface area contributed by atoms with E-state index in [0.717, 1.165) is 22.6 Å². The second-order valence-corrected chi connectivity index (χ2v) is 7.26. The van der Waals surface area contributed by atoms with Gasteiger partial charge in [-0.15, -0.1) is 0 Å². The van der Waals surface area contributed by atoms with Gasteiger partial charge in [-0.3, -0.25) is 9.59 Å². The molecule has 160 valence electrons. The Hall–Kier alpha value is -3.81. The zero-order chi connectivity index (χ0) is 22.0. The van der Waals surface area contributed by atoms with Gasteiger partial charge >= 0.3 is 5.97 Å². The van der Waals surface area contributed by atoms with Crippen LogP contribution in [0.1, 0.15) is 23.9 Å². The summed E-state index contributed by atoms with van der Waals surface area (Å²) in [6.45, 7) is 5.45. The van der Waals surface area contributed by atoms with Crippen LogP contribution in [0.15, 0.2) is 48.5 Å². The molecule has 2 aromatic carbocycles. The van der Waals surface area contributed by atoms with E-state index in [2.05, 4.69) is 10.4 Å². The highest BCUT2D eigenvalue weighted by atomic mass is 16.7. The van der Waals surface area contributed by atoms with Crippen molar-refractivity contribution in [2.75, 3.05) is 12.1 Å². The van der Waals surface area contributed by atoms with E-state index in [1.165, 1.54) is 6.92 Å². The summed E-state index contributed by atoms with van der Waals surface area (Å²) in [4.78, 5) is 25.0. The molecule has 8 nitrogen and oxygen atoms in total. The Bertz CT molecular complexity index is 1120. The third kappa shape index (κ3) is 4.37. The lowest BCUT2D eigenvalue weighted by molar-refractivity contribution is -0.152. The lowest BCUT2D eigenvalue weighted by atomic mass is 10.1. The summed E-state index contributed by atoms with van der Waals surface area (Å²) >= 11 is 0. The maximum Gasteiger partial charge on any atom is 0.311 e. The molecule has 0 fully saturated rings. The van der Waals surface area contributed by atoms with Gasteiger partial charge < -0.3 is 19.5 Å². The number of para-hydroxylation sites is 1. The van der Waals surface area contributed by atoms with Crippen LogP contribution in [-0.2, 0) is 20.7 Å². The second kappa shape index (κ2) is 8.51. The Morgan fingerprint density at radius 3 is 2.65 bits per heavy atom. The number of ether oxygens (including phenoxy) is 3. The molecule has 3 aromatic rings. The van der Waals surface area contributed by atoms with E-state index in [4.69, 9.17) is 14.2 Å². The smallest absolute Gasteiger partial charge is 0.311 e. The van der Waals surface area contributed by atoms with Crippen LogP contribution < -0.4 is 14.8 Å². The summed E-state index contributed by atoms with van der Waals surface area (Å²) < 4.78 is 17.7.